The summed E-state index contributed by atoms with van der Waals surface area (Å²) in [5.74, 6) is -0.790. The maximum absolute atomic E-state index is 11.1. The van der Waals surface area contributed by atoms with Crippen molar-refractivity contribution < 1.29 is 19.1 Å². The molecule has 0 radical (unpaired) electrons. The third-order valence-electron chi connectivity index (χ3n) is 1.89. The molecule has 0 aromatic heterocycles. The van der Waals surface area contributed by atoms with Gasteiger partial charge in [-0.15, -0.1) is 0 Å². The van der Waals surface area contributed by atoms with Gasteiger partial charge in [0.05, 0.1) is 13.2 Å². The minimum absolute atomic E-state index is 0.350. The summed E-state index contributed by atoms with van der Waals surface area (Å²) in [6.07, 6.45) is 0.792. The van der Waals surface area contributed by atoms with Crippen LogP contribution in [0.5, 0.6) is 0 Å². The second-order valence-corrected chi connectivity index (χ2v) is 3.01. The summed E-state index contributed by atoms with van der Waals surface area (Å²) in [7, 11) is 0. The summed E-state index contributed by atoms with van der Waals surface area (Å²) in [6, 6.07) is 0. The van der Waals surface area contributed by atoms with Crippen molar-refractivity contribution in [1.29, 1.82) is 0 Å². The second-order valence-electron chi connectivity index (χ2n) is 3.01. The third-order valence-corrected chi connectivity index (χ3v) is 1.89. The van der Waals surface area contributed by atoms with Gasteiger partial charge in [-0.25, -0.2) is 0 Å². The Morgan fingerprint density at radius 3 is 1.69 bits per heavy atom. The van der Waals surface area contributed by atoms with Crippen molar-refractivity contribution in [3.63, 3.8) is 0 Å². The van der Waals surface area contributed by atoms with E-state index in [9.17, 15) is 9.59 Å². The lowest BCUT2D eigenvalue weighted by molar-refractivity contribution is -0.170. The summed E-state index contributed by atoms with van der Waals surface area (Å²) < 4.78 is 10.5. The molecule has 1 saturated heterocycles. The zero-order valence-corrected chi connectivity index (χ0v) is 8.77. The molecule has 1 rings (SSSR count). The van der Waals surface area contributed by atoms with Gasteiger partial charge in [0.2, 0.25) is 11.8 Å². The molecule has 1 aliphatic heterocycles. The quantitative estimate of drug-likeness (QED) is 0.621. The predicted octanol–water partition coefficient (Wildman–Crippen LogP) is -0.710. The van der Waals surface area contributed by atoms with Crippen molar-refractivity contribution in [3.8, 4) is 0 Å². The molecule has 0 saturated carbocycles. The zero-order valence-electron chi connectivity index (χ0n) is 8.77. The van der Waals surface area contributed by atoms with Gasteiger partial charge in [-0.2, -0.15) is 0 Å². The highest BCUT2D eigenvalue weighted by Crippen LogP contribution is 2.05. The normalized spacial score (nSPS) is 24.2. The molecule has 2 N–H and O–H groups in total. The molecular formula is C10H14N2O4. The number of hydrogen-bond acceptors (Lipinski definition) is 4. The van der Waals surface area contributed by atoms with Crippen molar-refractivity contribution in [2.24, 2.45) is 0 Å². The van der Waals surface area contributed by atoms with E-state index in [1.54, 1.807) is 0 Å². The first-order valence-electron chi connectivity index (χ1n) is 4.76. The Morgan fingerprint density at radius 2 is 1.38 bits per heavy atom. The molecule has 0 bridgehead atoms. The summed E-state index contributed by atoms with van der Waals surface area (Å²) in [5.41, 5.74) is 0. The molecule has 16 heavy (non-hydrogen) atoms. The van der Waals surface area contributed by atoms with Gasteiger partial charge in [0.1, 0.15) is 0 Å². The van der Waals surface area contributed by atoms with Gasteiger partial charge < -0.3 is 20.1 Å². The fourth-order valence-corrected chi connectivity index (χ4v) is 1.16. The molecule has 2 amide bonds. The topological polar surface area (TPSA) is 76.7 Å². The lowest BCUT2D eigenvalue weighted by atomic mass is 10.4. The summed E-state index contributed by atoms with van der Waals surface area (Å²) >= 11 is 0. The van der Waals surface area contributed by atoms with Crippen molar-refractivity contribution >= 4 is 11.8 Å². The Kier molecular flexibility index (Phi) is 4.68. The van der Waals surface area contributed by atoms with Gasteiger partial charge in [-0.3, -0.25) is 9.59 Å². The number of ether oxygens (including phenoxy) is 2. The van der Waals surface area contributed by atoms with E-state index < -0.39 is 24.3 Å². The van der Waals surface area contributed by atoms with E-state index in [-0.39, 0.29) is 0 Å². The highest BCUT2D eigenvalue weighted by atomic mass is 16.6. The average Bonchev–Trinajstić information content (AvgIpc) is 2.31. The van der Waals surface area contributed by atoms with Gasteiger partial charge in [-0.1, -0.05) is 13.2 Å². The van der Waals surface area contributed by atoms with Crippen LogP contribution >= 0.6 is 0 Å². The summed E-state index contributed by atoms with van der Waals surface area (Å²) in [5, 5.41) is 4.99. The minimum Gasteiger partial charge on any atom is -0.351 e. The van der Waals surface area contributed by atoms with Crippen molar-refractivity contribution in [2.75, 3.05) is 13.2 Å². The molecule has 6 nitrogen and oxygen atoms in total. The first kappa shape index (κ1) is 12.4. The van der Waals surface area contributed by atoms with Crippen molar-refractivity contribution in [3.05, 3.63) is 25.3 Å². The van der Waals surface area contributed by atoms with E-state index in [0.29, 0.717) is 13.2 Å². The smallest absolute Gasteiger partial charge is 0.245 e. The lowest BCUT2D eigenvalue weighted by Gasteiger charge is -2.32. The highest BCUT2D eigenvalue weighted by molar-refractivity contribution is 5.88. The Hall–Kier alpha value is -1.66. The van der Waals surface area contributed by atoms with Gasteiger partial charge >= 0.3 is 0 Å². The molecule has 1 heterocycles. The number of carbonyl (C=O) groups is 2. The summed E-state index contributed by atoms with van der Waals surface area (Å²) in [4.78, 5) is 22.2. The van der Waals surface area contributed by atoms with Gasteiger partial charge in [-0.05, 0) is 12.2 Å². The number of hydrogen-bond donors (Lipinski definition) is 2. The summed E-state index contributed by atoms with van der Waals surface area (Å²) in [6.45, 7) is 7.33. The van der Waals surface area contributed by atoms with Crippen LogP contribution in [0.15, 0.2) is 25.3 Å². The lowest BCUT2D eigenvalue weighted by Crippen LogP contribution is -2.56. The van der Waals surface area contributed by atoms with Gasteiger partial charge in [0.15, 0.2) is 12.5 Å². The third kappa shape index (κ3) is 3.48. The molecule has 2 unspecified atom stereocenters. The molecule has 88 valence electrons. The van der Waals surface area contributed by atoms with E-state index in [4.69, 9.17) is 9.47 Å². The molecule has 6 heteroatoms. The van der Waals surface area contributed by atoms with Gasteiger partial charge in [0.25, 0.3) is 0 Å². The average molecular weight is 226 g/mol. The number of nitrogens with one attached hydrogen (secondary N) is 2. The Balaban J connectivity index is 2.56. The fourth-order valence-electron chi connectivity index (χ4n) is 1.16. The SMILES string of the molecule is C=CC(=O)NC1OCCOC1NC(=O)C=C. The van der Waals surface area contributed by atoms with Crippen LogP contribution in [0.1, 0.15) is 0 Å². The largest absolute Gasteiger partial charge is 0.351 e. The van der Waals surface area contributed by atoms with E-state index in [1.807, 2.05) is 0 Å². The highest BCUT2D eigenvalue weighted by Gasteiger charge is 2.28. The second kappa shape index (κ2) is 6.04. The monoisotopic (exact) mass is 226 g/mol. The van der Waals surface area contributed by atoms with E-state index in [0.717, 1.165) is 12.2 Å². The maximum atomic E-state index is 11.1. The van der Waals surface area contributed by atoms with Crippen LogP contribution in [0.25, 0.3) is 0 Å². The first-order valence-corrected chi connectivity index (χ1v) is 4.76. The Labute approximate surface area is 93.3 Å². The van der Waals surface area contributed by atoms with Crippen LogP contribution in [0.2, 0.25) is 0 Å². The predicted molar refractivity (Wildman–Crippen MR) is 56.2 cm³/mol. The molecule has 0 spiro atoms. The zero-order chi connectivity index (χ0) is 12.0. The maximum Gasteiger partial charge on any atom is 0.245 e. The van der Waals surface area contributed by atoms with Crippen LogP contribution in [-0.4, -0.2) is 37.5 Å². The van der Waals surface area contributed by atoms with E-state index in [2.05, 4.69) is 23.8 Å². The van der Waals surface area contributed by atoms with Crippen LogP contribution in [-0.2, 0) is 19.1 Å². The number of carbonyl (C=O) groups excluding carboxylic acids is 2. The fraction of sp³-hybridized carbons (Fsp3) is 0.400. The standard InChI is InChI=1S/C10H14N2O4/c1-3-7(13)11-9-10(12-8(14)4-2)16-6-5-15-9/h3-4,9-10H,1-2,5-6H2,(H,11,13)(H,12,14). The number of amides is 2. The molecular weight excluding hydrogens is 212 g/mol. The van der Waals surface area contributed by atoms with Crippen LogP contribution < -0.4 is 10.6 Å². The molecule has 0 aromatic carbocycles. The minimum atomic E-state index is -0.719. The molecule has 0 aromatic rings. The van der Waals surface area contributed by atoms with Crippen LogP contribution in [0, 0.1) is 0 Å². The Bertz CT molecular complexity index is 273. The molecule has 1 aliphatic rings. The van der Waals surface area contributed by atoms with E-state index in [1.165, 1.54) is 0 Å². The molecule has 2 atom stereocenters. The van der Waals surface area contributed by atoms with Crippen LogP contribution in [0.3, 0.4) is 0 Å². The van der Waals surface area contributed by atoms with E-state index >= 15 is 0 Å². The van der Waals surface area contributed by atoms with Gasteiger partial charge in [0, 0.05) is 0 Å². The van der Waals surface area contributed by atoms with Crippen molar-refractivity contribution in [1.82, 2.24) is 10.6 Å². The molecule has 0 aliphatic carbocycles. The molecule has 1 fully saturated rings. The van der Waals surface area contributed by atoms with Crippen molar-refractivity contribution in [2.45, 2.75) is 12.5 Å². The van der Waals surface area contributed by atoms with Crippen LogP contribution in [0.4, 0.5) is 0 Å². The first-order chi connectivity index (χ1) is 7.67. The Morgan fingerprint density at radius 1 is 1.00 bits per heavy atom. The number of rotatable bonds is 4.